The van der Waals surface area contributed by atoms with E-state index in [0.717, 1.165) is 0 Å². The van der Waals surface area contributed by atoms with E-state index in [4.69, 9.17) is 14.6 Å². The van der Waals surface area contributed by atoms with Crippen molar-refractivity contribution in [1.82, 2.24) is 21.3 Å². The summed E-state index contributed by atoms with van der Waals surface area (Å²) in [6, 6.07) is -0.434. The van der Waals surface area contributed by atoms with E-state index in [0.29, 0.717) is 19.4 Å². The zero-order chi connectivity index (χ0) is 23.4. The van der Waals surface area contributed by atoms with Gasteiger partial charge in [-0.15, -0.1) is 0 Å². The van der Waals surface area contributed by atoms with E-state index >= 15 is 0 Å². The van der Waals surface area contributed by atoms with Crippen molar-refractivity contribution < 1.29 is 33.8 Å². The maximum atomic E-state index is 12.0. The molecule has 174 valence electrons. The van der Waals surface area contributed by atoms with Gasteiger partial charge in [-0.05, 0) is 54.4 Å². The van der Waals surface area contributed by atoms with Crippen LogP contribution in [0, 0.1) is 0 Å². The third-order valence-electron chi connectivity index (χ3n) is 3.29. The molecule has 0 aromatic carbocycles. The number of carbonyl (C=O) groups is 4. The van der Waals surface area contributed by atoms with Crippen LogP contribution < -0.4 is 21.3 Å². The lowest BCUT2D eigenvalue weighted by Gasteiger charge is -2.24. The molecule has 0 fully saturated rings. The summed E-state index contributed by atoms with van der Waals surface area (Å²) in [5.74, 6) is -0.355. The summed E-state index contributed by atoms with van der Waals surface area (Å²) in [6.07, 6.45) is -1.39. The molecule has 0 aliphatic rings. The largest absolute Gasteiger partial charge is 0.465 e. The highest BCUT2D eigenvalue weighted by atomic mass is 16.6. The Morgan fingerprint density at radius 1 is 0.833 bits per heavy atom. The smallest absolute Gasteiger partial charge is 0.407 e. The number of hydrogen-bond acceptors (Lipinski definition) is 6. The lowest BCUT2D eigenvalue weighted by molar-refractivity contribution is -0.121. The highest BCUT2D eigenvalue weighted by Crippen LogP contribution is 2.08. The zero-order valence-corrected chi connectivity index (χ0v) is 18.7. The predicted octanol–water partition coefficient (Wildman–Crippen LogP) is 1.96. The fourth-order valence-corrected chi connectivity index (χ4v) is 2.16. The standard InChI is InChI=1S/C19H36N4O7/c1-18(2,3)29-16(27)21-10-7-8-13(23-17(28)30-19(4,5)6)12-22-14(24)9-11-20-15(25)26/h13,20H,7-12H2,1-6H3,(H,21,27)(H,22,24)(H,23,28)(H,25,26)/t13-/m0/s1. The van der Waals surface area contributed by atoms with E-state index in [1.165, 1.54) is 0 Å². The van der Waals surface area contributed by atoms with Crippen LogP contribution in [0.4, 0.5) is 14.4 Å². The van der Waals surface area contributed by atoms with Crippen molar-refractivity contribution in [3.8, 4) is 0 Å². The third-order valence-corrected chi connectivity index (χ3v) is 3.29. The number of carbonyl (C=O) groups excluding carboxylic acids is 3. The van der Waals surface area contributed by atoms with Gasteiger partial charge in [-0.1, -0.05) is 0 Å². The second kappa shape index (κ2) is 12.8. The molecule has 11 nitrogen and oxygen atoms in total. The highest BCUT2D eigenvalue weighted by molar-refractivity contribution is 5.77. The zero-order valence-electron chi connectivity index (χ0n) is 18.7. The van der Waals surface area contributed by atoms with Crippen LogP contribution in [0.2, 0.25) is 0 Å². The molecule has 0 heterocycles. The van der Waals surface area contributed by atoms with E-state index < -0.39 is 35.5 Å². The number of rotatable bonds is 10. The minimum atomic E-state index is -1.20. The number of ether oxygens (including phenoxy) is 2. The van der Waals surface area contributed by atoms with Gasteiger partial charge in [0.05, 0.1) is 0 Å². The van der Waals surface area contributed by atoms with Crippen molar-refractivity contribution in [1.29, 1.82) is 0 Å². The Bertz CT molecular complexity index is 582. The Labute approximate surface area is 177 Å². The molecular weight excluding hydrogens is 396 g/mol. The van der Waals surface area contributed by atoms with Crippen molar-refractivity contribution in [2.75, 3.05) is 19.6 Å². The van der Waals surface area contributed by atoms with Crippen molar-refractivity contribution >= 4 is 24.2 Å². The molecule has 0 aromatic heterocycles. The van der Waals surface area contributed by atoms with Crippen molar-refractivity contribution in [3.63, 3.8) is 0 Å². The highest BCUT2D eigenvalue weighted by Gasteiger charge is 2.20. The van der Waals surface area contributed by atoms with Gasteiger partial charge in [0.1, 0.15) is 11.2 Å². The van der Waals surface area contributed by atoms with Gasteiger partial charge in [0.15, 0.2) is 0 Å². The fraction of sp³-hybridized carbons (Fsp3) is 0.789. The summed E-state index contributed by atoms with van der Waals surface area (Å²) in [6.45, 7) is 11.0. The monoisotopic (exact) mass is 432 g/mol. The van der Waals surface area contributed by atoms with Crippen LogP contribution in [0.15, 0.2) is 0 Å². The molecule has 0 bridgehead atoms. The van der Waals surface area contributed by atoms with Gasteiger partial charge in [-0.2, -0.15) is 0 Å². The summed E-state index contributed by atoms with van der Waals surface area (Å²) < 4.78 is 10.4. The van der Waals surface area contributed by atoms with Crippen molar-refractivity contribution in [2.45, 2.75) is 78.0 Å². The van der Waals surface area contributed by atoms with Gasteiger partial charge in [-0.25, -0.2) is 14.4 Å². The fourth-order valence-electron chi connectivity index (χ4n) is 2.16. The average Bonchev–Trinajstić information content (AvgIpc) is 2.52. The molecule has 4 amide bonds. The summed E-state index contributed by atoms with van der Waals surface area (Å²) >= 11 is 0. The summed E-state index contributed by atoms with van der Waals surface area (Å²) in [5, 5.41) is 18.6. The quantitative estimate of drug-likeness (QED) is 0.330. The summed E-state index contributed by atoms with van der Waals surface area (Å²) in [4.78, 5) is 46.0. The number of carboxylic acid groups (broad SMARTS) is 1. The van der Waals surface area contributed by atoms with E-state index in [1.807, 2.05) is 0 Å². The molecule has 11 heteroatoms. The molecule has 0 aromatic rings. The lowest BCUT2D eigenvalue weighted by Crippen LogP contribution is -2.46. The number of nitrogens with one attached hydrogen (secondary N) is 4. The first-order chi connectivity index (χ1) is 13.7. The average molecular weight is 433 g/mol. The summed E-state index contributed by atoms with van der Waals surface area (Å²) in [7, 11) is 0. The first-order valence-corrected chi connectivity index (χ1v) is 9.88. The molecule has 0 saturated carbocycles. The molecule has 0 rings (SSSR count). The summed E-state index contributed by atoms with van der Waals surface area (Å²) in [5.41, 5.74) is -1.26. The molecule has 5 N–H and O–H groups in total. The molecule has 0 saturated heterocycles. The van der Waals surface area contributed by atoms with Crippen LogP contribution >= 0.6 is 0 Å². The van der Waals surface area contributed by atoms with E-state index in [1.54, 1.807) is 41.5 Å². The van der Waals surface area contributed by atoms with Crippen LogP contribution in [-0.4, -0.2) is 66.2 Å². The van der Waals surface area contributed by atoms with Crippen molar-refractivity contribution in [3.05, 3.63) is 0 Å². The van der Waals surface area contributed by atoms with Gasteiger partial charge in [0.25, 0.3) is 0 Å². The number of alkyl carbamates (subject to hydrolysis) is 2. The van der Waals surface area contributed by atoms with E-state index in [2.05, 4.69) is 21.3 Å². The second-order valence-corrected chi connectivity index (χ2v) is 8.70. The normalized spacial score (nSPS) is 12.3. The first-order valence-electron chi connectivity index (χ1n) is 9.88. The topological polar surface area (TPSA) is 155 Å². The molecule has 0 unspecified atom stereocenters. The Morgan fingerprint density at radius 3 is 1.93 bits per heavy atom. The molecule has 0 aliphatic carbocycles. The van der Waals surface area contributed by atoms with Crippen molar-refractivity contribution in [2.24, 2.45) is 0 Å². The SMILES string of the molecule is CC(C)(C)OC(=O)NCCC[C@@H](CNC(=O)CCNC(=O)O)NC(=O)OC(C)(C)C. The minimum Gasteiger partial charge on any atom is -0.465 e. The molecular formula is C19H36N4O7. The number of hydrogen-bond donors (Lipinski definition) is 5. The first kappa shape index (κ1) is 27.3. The molecule has 1 atom stereocenters. The van der Waals surface area contributed by atoms with Gasteiger partial charge < -0.3 is 35.8 Å². The van der Waals surface area contributed by atoms with Crippen LogP contribution in [0.3, 0.4) is 0 Å². The Morgan fingerprint density at radius 2 is 1.40 bits per heavy atom. The van der Waals surface area contributed by atoms with Crippen LogP contribution in [-0.2, 0) is 14.3 Å². The molecule has 0 radical (unpaired) electrons. The number of amides is 4. The van der Waals surface area contributed by atoms with E-state index in [9.17, 15) is 19.2 Å². The Hall–Kier alpha value is -2.72. The maximum absolute atomic E-state index is 12.0. The third kappa shape index (κ3) is 17.4. The molecule has 0 spiro atoms. The maximum Gasteiger partial charge on any atom is 0.407 e. The van der Waals surface area contributed by atoms with Gasteiger partial charge in [-0.3, -0.25) is 4.79 Å². The lowest BCUT2D eigenvalue weighted by atomic mass is 10.1. The minimum absolute atomic E-state index is 0.00879. The molecule has 30 heavy (non-hydrogen) atoms. The van der Waals surface area contributed by atoms with Crippen LogP contribution in [0.1, 0.15) is 60.8 Å². The van der Waals surface area contributed by atoms with Crippen LogP contribution in [0.25, 0.3) is 0 Å². The Balaban J connectivity index is 4.53. The van der Waals surface area contributed by atoms with Crippen LogP contribution in [0.5, 0.6) is 0 Å². The van der Waals surface area contributed by atoms with Gasteiger partial charge >= 0.3 is 18.3 Å². The Kier molecular flexibility index (Phi) is 11.6. The molecule has 0 aliphatic heterocycles. The van der Waals surface area contributed by atoms with Gasteiger partial charge in [0, 0.05) is 32.1 Å². The second-order valence-electron chi connectivity index (χ2n) is 8.70. The predicted molar refractivity (Wildman–Crippen MR) is 110 cm³/mol. The van der Waals surface area contributed by atoms with Gasteiger partial charge in [0.2, 0.25) is 5.91 Å². The van der Waals surface area contributed by atoms with E-state index in [-0.39, 0.29) is 25.4 Å².